The molecule has 1 aliphatic rings. The fourth-order valence-corrected chi connectivity index (χ4v) is 4.57. The number of amides is 1. The molecule has 0 atom stereocenters. The van der Waals surface area contributed by atoms with E-state index in [1.807, 2.05) is 48.5 Å². The molecule has 1 aliphatic heterocycles. The molecule has 180 valence electrons. The average Bonchev–Trinajstić information content (AvgIpc) is 3.33. The number of nitrogens with zero attached hydrogens (tertiary/aromatic N) is 4. The summed E-state index contributed by atoms with van der Waals surface area (Å²) in [5, 5.41) is 20.0. The lowest BCUT2D eigenvalue weighted by Gasteiger charge is -2.35. The number of aromatic nitrogens is 3. The molecular weight excluding hydrogens is 440 g/mol. The molecule has 0 spiro atoms. The number of rotatable bonds is 8. The van der Waals surface area contributed by atoms with Gasteiger partial charge < -0.3 is 20.6 Å². The zero-order chi connectivity index (χ0) is 24.0. The highest BCUT2D eigenvalue weighted by Gasteiger charge is 2.22. The van der Waals surface area contributed by atoms with E-state index >= 15 is 0 Å². The molecule has 3 N–H and O–H groups in total. The van der Waals surface area contributed by atoms with Crippen molar-refractivity contribution in [1.29, 1.82) is 0 Å². The lowest BCUT2D eigenvalue weighted by Crippen LogP contribution is -2.43. The van der Waals surface area contributed by atoms with Crippen molar-refractivity contribution in [3.05, 3.63) is 78.8 Å². The molecule has 8 heteroatoms. The number of aliphatic hydroxyl groups is 1. The topological polar surface area (TPSA) is 94.8 Å². The van der Waals surface area contributed by atoms with Crippen LogP contribution in [0.3, 0.4) is 0 Å². The van der Waals surface area contributed by atoms with Crippen molar-refractivity contribution in [2.24, 2.45) is 0 Å². The highest BCUT2D eigenvalue weighted by atomic mass is 16.3. The molecule has 0 aliphatic carbocycles. The van der Waals surface area contributed by atoms with Crippen molar-refractivity contribution in [3.63, 3.8) is 0 Å². The van der Waals surface area contributed by atoms with Crippen LogP contribution in [0.25, 0.3) is 16.8 Å². The van der Waals surface area contributed by atoms with E-state index in [1.54, 1.807) is 23.0 Å². The maximum atomic E-state index is 13.2. The number of nitrogens with one attached hydrogen (secondary N) is 2. The number of benzene rings is 2. The van der Waals surface area contributed by atoms with Crippen LogP contribution < -0.4 is 15.5 Å². The smallest absolute Gasteiger partial charge is 0.274 e. The van der Waals surface area contributed by atoms with Gasteiger partial charge in [0, 0.05) is 37.5 Å². The van der Waals surface area contributed by atoms with Crippen molar-refractivity contribution in [2.45, 2.75) is 25.3 Å². The SMILES string of the molecule is O=C(Nc1ccccc1N1CCC(NCCCO)CC1)c1ccn2ncc(-c3ccccc3)c2n1. The minimum Gasteiger partial charge on any atom is -0.396 e. The molecule has 1 saturated heterocycles. The van der Waals surface area contributed by atoms with E-state index in [0.717, 1.165) is 61.4 Å². The zero-order valence-corrected chi connectivity index (χ0v) is 19.6. The number of aliphatic hydroxyl groups excluding tert-OH is 1. The minimum absolute atomic E-state index is 0.218. The van der Waals surface area contributed by atoms with Gasteiger partial charge in [-0.2, -0.15) is 5.10 Å². The van der Waals surface area contributed by atoms with E-state index in [0.29, 0.717) is 17.4 Å². The van der Waals surface area contributed by atoms with Gasteiger partial charge in [-0.15, -0.1) is 0 Å². The first-order valence-electron chi connectivity index (χ1n) is 12.1. The summed E-state index contributed by atoms with van der Waals surface area (Å²) in [4.78, 5) is 20.2. The lowest BCUT2D eigenvalue weighted by atomic mass is 10.0. The number of carbonyl (C=O) groups is 1. The van der Waals surface area contributed by atoms with Gasteiger partial charge in [0.05, 0.1) is 17.6 Å². The Morgan fingerprint density at radius 1 is 1.03 bits per heavy atom. The molecule has 1 fully saturated rings. The third-order valence-corrected chi connectivity index (χ3v) is 6.44. The summed E-state index contributed by atoms with van der Waals surface area (Å²) in [5.74, 6) is -0.249. The molecule has 35 heavy (non-hydrogen) atoms. The maximum Gasteiger partial charge on any atom is 0.274 e. The second-order valence-corrected chi connectivity index (χ2v) is 8.77. The predicted molar refractivity (Wildman–Crippen MR) is 138 cm³/mol. The Bertz CT molecular complexity index is 1280. The van der Waals surface area contributed by atoms with E-state index < -0.39 is 0 Å². The van der Waals surface area contributed by atoms with Crippen LogP contribution in [0.5, 0.6) is 0 Å². The molecule has 0 saturated carbocycles. The van der Waals surface area contributed by atoms with Gasteiger partial charge >= 0.3 is 0 Å². The van der Waals surface area contributed by atoms with E-state index in [-0.39, 0.29) is 12.5 Å². The zero-order valence-electron chi connectivity index (χ0n) is 19.6. The lowest BCUT2D eigenvalue weighted by molar-refractivity contribution is 0.102. The maximum absolute atomic E-state index is 13.2. The molecule has 5 rings (SSSR count). The van der Waals surface area contributed by atoms with Crippen molar-refractivity contribution in [3.8, 4) is 11.1 Å². The van der Waals surface area contributed by atoms with Crippen molar-refractivity contribution in [1.82, 2.24) is 19.9 Å². The first-order valence-corrected chi connectivity index (χ1v) is 12.1. The second kappa shape index (κ2) is 10.7. The highest BCUT2D eigenvalue weighted by Crippen LogP contribution is 2.29. The molecule has 0 radical (unpaired) electrons. The summed E-state index contributed by atoms with van der Waals surface area (Å²) in [6.45, 7) is 2.87. The third-order valence-electron chi connectivity index (χ3n) is 6.44. The van der Waals surface area contributed by atoms with Gasteiger partial charge in [-0.3, -0.25) is 4.79 Å². The van der Waals surface area contributed by atoms with Crippen LogP contribution in [0.15, 0.2) is 73.1 Å². The Balaban J connectivity index is 1.31. The van der Waals surface area contributed by atoms with Crippen molar-refractivity contribution in [2.75, 3.05) is 36.5 Å². The summed E-state index contributed by atoms with van der Waals surface area (Å²) >= 11 is 0. The van der Waals surface area contributed by atoms with E-state index in [1.165, 1.54) is 0 Å². The quantitative estimate of drug-likeness (QED) is 0.341. The highest BCUT2D eigenvalue weighted by molar-refractivity contribution is 6.05. The first kappa shape index (κ1) is 23.0. The van der Waals surface area contributed by atoms with E-state index in [2.05, 4.69) is 31.7 Å². The van der Waals surface area contributed by atoms with Crippen molar-refractivity contribution < 1.29 is 9.90 Å². The third kappa shape index (κ3) is 5.18. The van der Waals surface area contributed by atoms with Crippen LogP contribution in [-0.2, 0) is 0 Å². The van der Waals surface area contributed by atoms with Crippen LogP contribution in [0.1, 0.15) is 29.8 Å². The minimum atomic E-state index is -0.249. The van der Waals surface area contributed by atoms with E-state index in [9.17, 15) is 4.79 Å². The number of anilines is 2. The van der Waals surface area contributed by atoms with Crippen LogP contribution in [0, 0.1) is 0 Å². The van der Waals surface area contributed by atoms with Crippen LogP contribution in [0.2, 0.25) is 0 Å². The molecular formula is C27H30N6O2. The van der Waals surface area contributed by atoms with Gasteiger partial charge in [0.2, 0.25) is 0 Å². The van der Waals surface area contributed by atoms with Gasteiger partial charge in [-0.05, 0) is 49.6 Å². The number of para-hydroxylation sites is 2. The molecule has 4 aromatic rings. The predicted octanol–water partition coefficient (Wildman–Crippen LogP) is 3.59. The van der Waals surface area contributed by atoms with Gasteiger partial charge in [0.1, 0.15) is 5.69 Å². The van der Waals surface area contributed by atoms with Crippen LogP contribution in [-0.4, -0.2) is 57.9 Å². The molecule has 2 aromatic heterocycles. The van der Waals surface area contributed by atoms with Crippen molar-refractivity contribution >= 4 is 22.9 Å². The number of carbonyl (C=O) groups excluding carboxylic acids is 1. The van der Waals surface area contributed by atoms with Crippen LogP contribution >= 0.6 is 0 Å². The standard InChI is InChI=1S/C27H30N6O2/c34-18-6-14-28-21-11-15-32(16-12-21)25-10-5-4-9-23(25)31-27(35)24-13-17-33-26(30-24)22(19-29-33)20-7-2-1-3-8-20/h1-5,7-10,13,17,19,21,28,34H,6,11-12,14-16,18H2,(H,31,35). The molecule has 8 nitrogen and oxygen atoms in total. The second-order valence-electron chi connectivity index (χ2n) is 8.77. The van der Waals surface area contributed by atoms with E-state index in [4.69, 9.17) is 5.11 Å². The molecule has 0 unspecified atom stereocenters. The molecule has 1 amide bonds. The first-order chi connectivity index (χ1) is 17.2. The fourth-order valence-electron chi connectivity index (χ4n) is 4.57. The normalized spacial score (nSPS) is 14.4. The number of hydrogen-bond acceptors (Lipinski definition) is 6. The summed E-state index contributed by atoms with van der Waals surface area (Å²) in [7, 11) is 0. The summed E-state index contributed by atoms with van der Waals surface area (Å²) in [6.07, 6.45) is 6.37. The summed E-state index contributed by atoms with van der Waals surface area (Å²) in [6, 6.07) is 20.0. The molecule has 2 aromatic carbocycles. The van der Waals surface area contributed by atoms with Gasteiger partial charge in [0.15, 0.2) is 5.65 Å². The number of piperidine rings is 1. The Labute approximate surface area is 204 Å². The monoisotopic (exact) mass is 470 g/mol. The molecule has 0 bridgehead atoms. The number of hydrogen-bond donors (Lipinski definition) is 3. The van der Waals surface area contributed by atoms with Gasteiger partial charge in [0.25, 0.3) is 5.91 Å². The summed E-state index contributed by atoms with van der Waals surface area (Å²) < 4.78 is 1.69. The van der Waals surface area contributed by atoms with Gasteiger partial charge in [-0.1, -0.05) is 42.5 Å². The molecule has 3 heterocycles. The Morgan fingerprint density at radius 2 is 1.80 bits per heavy atom. The summed E-state index contributed by atoms with van der Waals surface area (Å²) in [5.41, 5.74) is 4.68. The van der Waals surface area contributed by atoms with Gasteiger partial charge in [-0.25, -0.2) is 9.50 Å². The Morgan fingerprint density at radius 3 is 2.60 bits per heavy atom. The van der Waals surface area contributed by atoms with Crippen LogP contribution in [0.4, 0.5) is 11.4 Å². The fraction of sp³-hybridized carbons (Fsp3) is 0.296. The largest absolute Gasteiger partial charge is 0.396 e. The Kier molecular flexibility index (Phi) is 7.02. The average molecular weight is 471 g/mol. The number of fused-ring (bicyclic) bond motifs is 1. The Hall–Kier alpha value is -3.75.